The average molecular weight is 346 g/mol. The lowest BCUT2D eigenvalue weighted by Gasteiger charge is -2.25. The van der Waals surface area contributed by atoms with Gasteiger partial charge in [0.25, 0.3) is 0 Å². The van der Waals surface area contributed by atoms with Gasteiger partial charge in [0.1, 0.15) is 17.3 Å². The first-order chi connectivity index (χ1) is 11.9. The van der Waals surface area contributed by atoms with E-state index in [0.717, 1.165) is 25.7 Å². The fourth-order valence-corrected chi connectivity index (χ4v) is 5.84. The second-order valence-corrected chi connectivity index (χ2v) is 8.19. The number of Topliss-reactive ketones (excluding diaryl/α,β-unsaturated/α-hetero) is 1. The third kappa shape index (κ3) is 2.04. The van der Waals surface area contributed by atoms with Gasteiger partial charge in [-0.05, 0) is 63.7 Å². The summed E-state index contributed by atoms with van der Waals surface area (Å²) in [6.07, 6.45) is 5.59. The molecule has 5 nitrogen and oxygen atoms in total. The smallest absolute Gasteiger partial charge is 0.334 e. The zero-order valence-electron chi connectivity index (χ0n) is 15.0. The van der Waals surface area contributed by atoms with Crippen molar-refractivity contribution in [2.45, 2.75) is 58.5 Å². The maximum atomic E-state index is 12.6. The van der Waals surface area contributed by atoms with E-state index in [1.807, 2.05) is 0 Å². The van der Waals surface area contributed by atoms with Gasteiger partial charge in [-0.15, -0.1) is 0 Å². The molecule has 5 heteroatoms. The van der Waals surface area contributed by atoms with E-state index in [0.29, 0.717) is 12.0 Å². The highest BCUT2D eigenvalue weighted by Gasteiger charge is 2.97. The summed E-state index contributed by atoms with van der Waals surface area (Å²) < 4.78 is 10.9. The number of ether oxygens (including phenoxy) is 2. The van der Waals surface area contributed by atoms with E-state index < -0.39 is 16.8 Å². The number of carbonyl (C=O) groups excluding carboxylic acids is 3. The van der Waals surface area contributed by atoms with Crippen molar-refractivity contribution in [2.75, 3.05) is 6.61 Å². The van der Waals surface area contributed by atoms with Crippen molar-refractivity contribution in [3.05, 3.63) is 12.2 Å². The zero-order chi connectivity index (χ0) is 18.0. The fraction of sp³-hybridized carbons (Fsp3) is 0.750. The molecule has 5 rings (SSSR count). The molecule has 0 saturated heterocycles. The van der Waals surface area contributed by atoms with Gasteiger partial charge in [0.05, 0.1) is 6.61 Å². The van der Waals surface area contributed by atoms with Crippen LogP contribution in [0.15, 0.2) is 12.2 Å². The van der Waals surface area contributed by atoms with Crippen molar-refractivity contribution in [2.24, 2.45) is 28.6 Å². The van der Waals surface area contributed by atoms with Crippen LogP contribution in [0.5, 0.6) is 0 Å². The van der Waals surface area contributed by atoms with E-state index in [-0.39, 0.29) is 42.2 Å². The van der Waals surface area contributed by atoms with Crippen LogP contribution in [-0.2, 0) is 23.9 Å². The lowest BCUT2D eigenvalue weighted by atomic mass is 9.80. The Morgan fingerprint density at radius 1 is 1.08 bits per heavy atom. The number of fused-ring (bicyclic) bond motifs is 1. The SMILES string of the molecule is C=C(C(=O)OC1CCCCC1)C12CC(C(C)=O)(C(=O)OCC)C3C1C32. The lowest BCUT2D eigenvalue weighted by molar-refractivity contribution is -0.160. The van der Waals surface area contributed by atoms with Gasteiger partial charge in [0, 0.05) is 11.0 Å². The molecule has 3 atom stereocenters. The average Bonchev–Trinajstić information content (AvgIpc) is 3.42. The number of ketones is 1. The highest BCUT2D eigenvalue weighted by atomic mass is 16.5. The van der Waals surface area contributed by atoms with Crippen LogP contribution in [0.2, 0.25) is 0 Å². The van der Waals surface area contributed by atoms with Crippen molar-refractivity contribution in [1.29, 1.82) is 0 Å². The van der Waals surface area contributed by atoms with E-state index in [2.05, 4.69) is 6.58 Å². The molecule has 5 aliphatic rings. The largest absolute Gasteiger partial charge is 0.465 e. The van der Waals surface area contributed by atoms with Crippen molar-refractivity contribution in [1.82, 2.24) is 0 Å². The van der Waals surface area contributed by atoms with E-state index in [1.54, 1.807) is 6.92 Å². The highest BCUT2D eigenvalue weighted by Crippen LogP contribution is 2.96. The van der Waals surface area contributed by atoms with Gasteiger partial charge in [-0.1, -0.05) is 13.0 Å². The molecule has 2 bridgehead atoms. The summed E-state index contributed by atoms with van der Waals surface area (Å²) in [6, 6.07) is 0. The predicted molar refractivity (Wildman–Crippen MR) is 89.4 cm³/mol. The van der Waals surface area contributed by atoms with Crippen LogP contribution in [0.3, 0.4) is 0 Å². The summed E-state index contributed by atoms with van der Waals surface area (Å²) in [6.45, 7) is 7.49. The molecule has 0 aromatic carbocycles. The monoisotopic (exact) mass is 346 g/mol. The second kappa shape index (κ2) is 5.42. The molecule has 0 heterocycles. The Hall–Kier alpha value is -1.65. The van der Waals surface area contributed by atoms with Gasteiger partial charge in [0.15, 0.2) is 0 Å². The fourth-order valence-electron chi connectivity index (χ4n) is 5.84. The van der Waals surface area contributed by atoms with Crippen molar-refractivity contribution >= 4 is 17.7 Å². The number of esters is 2. The van der Waals surface area contributed by atoms with E-state index in [1.165, 1.54) is 13.3 Å². The van der Waals surface area contributed by atoms with Gasteiger partial charge in [-0.3, -0.25) is 9.59 Å². The van der Waals surface area contributed by atoms with Crippen molar-refractivity contribution < 1.29 is 23.9 Å². The summed E-state index contributed by atoms with van der Waals surface area (Å²) in [5.41, 5.74) is -0.995. The third-order valence-electron chi connectivity index (χ3n) is 7.14. The maximum Gasteiger partial charge on any atom is 0.334 e. The topological polar surface area (TPSA) is 69.7 Å². The Balaban J connectivity index is 1.48. The van der Waals surface area contributed by atoms with Gasteiger partial charge in [0.2, 0.25) is 0 Å². The second-order valence-electron chi connectivity index (χ2n) is 8.19. The summed E-state index contributed by atoms with van der Waals surface area (Å²) in [4.78, 5) is 37.5. The van der Waals surface area contributed by atoms with Crippen LogP contribution in [-0.4, -0.2) is 30.4 Å². The molecule has 5 fully saturated rings. The molecule has 3 unspecified atom stereocenters. The summed E-state index contributed by atoms with van der Waals surface area (Å²) in [5.74, 6) is -0.409. The Kier molecular flexibility index (Phi) is 3.64. The molecule has 0 amide bonds. The van der Waals surface area contributed by atoms with Crippen LogP contribution >= 0.6 is 0 Å². The van der Waals surface area contributed by atoms with Crippen LogP contribution in [0.1, 0.15) is 52.4 Å². The molecule has 0 aliphatic heterocycles. The van der Waals surface area contributed by atoms with Gasteiger partial charge < -0.3 is 9.47 Å². The normalized spacial score (nSPS) is 40.8. The minimum absolute atomic E-state index is 0.00991. The maximum absolute atomic E-state index is 12.6. The van der Waals surface area contributed by atoms with Gasteiger partial charge in [-0.2, -0.15) is 0 Å². The first-order valence-corrected chi connectivity index (χ1v) is 9.50. The molecule has 136 valence electrons. The van der Waals surface area contributed by atoms with Gasteiger partial charge in [-0.25, -0.2) is 4.79 Å². The highest BCUT2D eigenvalue weighted by molar-refractivity contribution is 6.07. The molecule has 0 aromatic heterocycles. The number of carbonyl (C=O) groups is 3. The summed E-state index contributed by atoms with van der Waals surface area (Å²) >= 11 is 0. The number of hydrogen-bond acceptors (Lipinski definition) is 5. The van der Waals surface area contributed by atoms with Crippen molar-refractivity contribution in [3.63, 3.8) is 0 Å². The molecule has 0 radical (unpaired) electrons. The standard InChI is InChI=1S/C20H26O5/c1-4-24-18(23)20(12(3)21)10-19(14-15(19)16(14)20)11(2)17(22)25-13-8-6-5-7-9-13/h13-16H,2,4-10H2,1,3H3. The van der Waals surface area contributed by atoms with Gasteiger partial charge >= 0.3 is 11.9 Å². The summed E-state index contributed by atoms with van der Waals surface area (Å²) in [7, 11) is 0. The Morgan fingerprint density at radius 2 is 1.72 bits per heavy atom. The molecule has 25 heavy (non-hydrogen) atoms. The quantitative estimate of drug-likeness (QED) is 0.420. The van der Waals surface area contributed by atoms with Crippen LogP contribution in [0, 0.1) is 28.6 Å². The first kappa shape index (κ1) is 16.8. The zero-order valence-corrected chi connectivity index (χ0v) is 15.0. The Labute approximate surface area is 148 Å². The Bertz CT molecular complexity index is 649. The molecule has 5 aliphatic carbocycles. The third-order valence-corrected chi connectivity index (χ3v) is 7.14. The van der Waals surface area contributed by atoms with Crippen LogP contribution in [0.4, 0.5) is 0 Å². The summed E-state index contributed by atoms with van der Waals surface area (Å²) in [5, 5.41) is 0. The Morgan fingerprint density at radius 3 is 2.28 bits per heavy atom. The molecular formula is C20H26O5. The number of rotatable bonds is 6. The predicted octanol–water partition coefficient (Wildman–Crippen LogP) is 2.82. The minimum atomic E-state index is -1.07. The van der Waals surface area contributed by atoms with Crippen LogP contribution < -0.4 is 0 Å². The minimum Gasteiger partial charge on any atom is -0.465 e. The van der Waals surface area contributed by atoms with Crippen molar-refractivity contribution in [3.8, 4) is 0 Å². The molecule has 5 saturated carbocycles. The van der Waals surface area contributed by atoms with E-state index >= 15 is 0 Å². The molecular weight excluding hydrogens is 320 g/mol. The molecule has 0 N–H and O–H groups in total. The lowest BCUT2D eigenvalue weighted by Crippen LogP contribution is -2.39. The van der Waals surface area contributed by atoms with E-state index in [4.69, 9.17) is 9.47 Å². The molecule has 0 spiro atoms. The van der Waals surface area contributed by atoms with Crippen LogP contribution in [0.25, 0.3) is 0 Å². The van der Waals surface area contributed by atoms with E-state index in [9.17, 15) is 14.4 Å². The number of hydrogen-bond donors (Lipinski definition) is 0. The first-order valence-electron chi connectivity index (χ1n) is 9.50. The molecule has 0 aromatic rings.